The fourth-order valence-electron chi connectivity index (χ4n) is 3.38. The predicted octanol–water partition coefficient (Wildman–Crippen LogP) is 6.98. The van der Waals surface area contributed by atoms with E-state index in [1.165, 1.54) is 48.5 Å². The van der Waals surface area contributed by atoms with Crippen LogP contribution in [0.15, 0.2) is 71.6 Å². The SMILES string of the molecule is O=C(CN1C(=O)S/C(=C/c2cccc(Oc3ccc(C(F)(F)F)cc3[N+](=O)[O-])c2)C1=O)c1ccc(Cl)cc1. The average Bonchev–Trinajstić information content (AvgIpc) is 3.11. The molecule has 3 aromatic carbocycles. The Morgan fingerprint density at radius 2 is 1.79 bits per heavy atom. The van der Waals surface area contributed by atoms with Gasteiger partial charge in [0.2, 0.25) is 5.75 Å². The van der Waals surface area contributed by atoms with E-state index in [9.17, 15) is 37.7 Å². The first-order valence-electron chi connectivity index (χ1n) is 10.6. The smallest absolute Gasteiger partial charge is 0.416 e. The highest BCUT2D eigenvalue weighted by Gasteiger charge is 2.36. The summed E-state index contributed by atoms with van der Waals surface area (Å²) in [6.45, 7) is -0.468. The number of carbonyl (C=O) groups is 3. The largest absolute Gasteiger partial charge is 0.450 e. The number of rotatable bonds is 7. The topological polar surface area (TPSA) is 107 Å². The van der Waals surface area contributed by atoms with Crippen LogP contribution in [0, 0.1) is 10.1 Å². The fraction of sp³-hybridized carbons (Fsp3) is 0.0800. The lowest BCUT2D eigenvalue weighted by Crippen LogP contribution is -2.33. The number of halogens is 4. The summed E-state index contributed by atoms with van der Waals surface area (Å²) < 4.78 is 44.3. The quantitative estimate of drug-likeness (QED) is 0.132. The van der Waals surface area contributed by atoms with Crippen LogP contribution in [0.3, 0.4) is 0 Å². The summed E-state index contributed by atoms with van der Waals surface area (Å²) in [5, 5.41) is 11.1. The number of Topliss-reactive ketones (excluding diaryl/α,β-unsaturated/α-hetero) is 1. The maximum Gasteiger partial charge on any atom is 0.416 e. The van der Waals surface area contributed by atoms with E-state index in [-0.39, 0.29) is 16.2 Å². The molecule has 1 heterocycles. The maximum atomic E-state index is 12.9. The summed E-state index contributed by atoms with van der Waals surface area (Å²) in [5.74, 6) is -1.52. The molecule has 1 fully saturated rings. The number of nitrogens with zero attached hydrogens (tertiary/aromatic N) is 2. The van der Waals surface area contributed by atoms with Gasteiger partial charge in [-0.25, -0.2) is 0 Å². The van der Waals surface area contributed by atoms with Crippen molar-refractivity contribution in [3.63, 3.8) is 0 Å². The van der Waals surface area contributed by atoms with Gasteiger partial charge in [0.05, 0.1) is 21.9 Å². The summed E-state index contributed by atoms with van der Waals surface area (Å²) in [4.78, 5) is 48.8. The zero-order valence-corrected chi connectivity index (χ0v) is 20.5. The molecule has 3 aromatic rings. The molecular weight excluding hydrogens is 549 g/mol. The van der Waals surface area contributed by atoms with Crippen molar-refractivity contribution in [1.82, 2.24) is 4.90 Å². The molecule has 1 aliphatic heterocycles. The predicted molar refractivity (Wildman–Crippen MR) is 133 cm³/mol. The van der Waals surface area contributed by atoms with Gasteiger partial charge in [0.25, 0.3) is 11.1 Å². The van der Waals surface area contributed by atoms with Crippen molar-refractivity contribution in [3.8, 4) is 11.5 Å². The van der Waals surface area contributed by atoms with Gasteiger partial charge in [-0.05, 0) is 71.9 Å². The van der Waals surface area contributed by atoms with Gasteiger partial charge in [0, 0.05) is 16.7 Å². The summed E-state index contributed by atoms with van der Waals surface area (Å²) in [7, 11) is 0. The molecular formula is C25H14ClF3N2O6S. The zero-order valence-electron chi connectivity index (χ0n) is 18.9. The number of thioether (sulfide) groups is 1. The van der Waals surface area contributed by atoms with Crippen LogP contribution in [0.5, 0.6) is 11.5 Å². The van der Waals surface area contributed by atoms with Crippen molar-refractivity contribution in [2.75, 3.05) is 6.54 Å². The van der Waals surface area contributed by atoms with E-state index in [4.69, 9.17) is 16.3 Å². The van der Waals surface area contributed by atoms with Crippen molar-refractivity contribution in [2.24, 2.45) is 0 Å². The minimum Gasteiger partial charge on any atom is -0.450 e. The Kier molecular flexibility index (Phi) is 7.56. The molecule has 0 radical (unpaired) electrons. The Labute approximate surface area is 221 Å². The van der Waals surface area contributed by atoms with E-state index < -0.39 is 51.6 Å². The van der Waals surface area contributed by atoms with Crippen LogP contribution in [-0.4, -0.2) is 33.3 Å². The standard InChI is InChI=1S/C25H14ClF3N2O6S/c26-17-7-4-15(5-8-17)20(32)13-30-23(33)22(38-24(30)34)11-14-2-1-3-18(10-14)37-21-9-6-16(25(27,28)29)12-19(21)31(35)36/h1-12H,13H2/b22-11+. The van der Waals surface area contributed by atoms with Gasteiger partial charge in [0.1, 0.15) is 5.75 Å². The second-order valence-electron chi connectivity index (χ2n) is 7.81. The summed E-state index contributed by atoms with van der Waals surface area (Å²) in [6.07, 6.45) is -3.41. The Balaban J connectivity index is 1.53. The van der Waals surface area contributed by atoms with Crippen molar-refractivity contribution in [2.45, 2.75) is 6.18 Å². The number of nitro groups is 1. The van der Waals surface area contributed by atoms with Crippen molar-refractivity contribution >= 4 is 52.1 Å². The molecule has 0 aromatic heterocycles. The van der Waals surface area contributed by atoms with Gasteiger partial charge in [-0.3, -0.25) is 29.4 Å². The third-order valence-electron chi connectivity index (χ3n) is 5.21. The second kappa shape index (κ2) is 10.7. The van der Waals surface area contributed by atoms with Crippen LogP contribution < -0.4 is 4.74 Å². The molecule has 0 atom stereocenters. The Bertz CT molecular complexity index is 1490. The number of nitro benzene ring substituents is 1. The van der Waals surface area contributed by atoms with Crippen LogP contribution in [0.2, 0.25) is 5.02 Å². The average molecular weight is 563 g/mol. The van der Waals surface area contributed by atoms with Crippen molar-refractivity contribution in [1.29, 1.82) is 0 Å². The van der Waals surface area contributed by atoms with Gasteiger partial charge in [-0.1, -0.05) is 23.7 Å². The van der Waals surface area contributed by atoms with Gasteiger partial charge < -0.3 is 4.74 Å². The third-order valence-corrected chi connectivity index (χ3v) is 6.37. The highest BCUT2D eigenvalue weighted by atomic mass is 35.5. The molecule has 0 aliphatic carbocycles. The summed E-state index contributed by atoms with van der Waals surface area (Å²) in [5.41, 5.74) is -1.43. The molecule has 0 N–H and O–H groups in total. The lowest BCUT2D eigenvalue weighted by Gasteiger charge is -2.11. The molecule has 0 saturated carbocycles. The van der Waals surface area contributed by atoms with Crippen LogP contribution >= 0.6 is 23.4 Å². The maximum absolute atomic E-state index is 12.9. The van der Waals surface area contributed by atoms with E-state index in [0.29, 0.717) is 34.5 Å². The number of hydrogen-bond acceptors (Lipinski definition) is 7. The number of imide groups is 1. The number of ether oxygens (including phenoxy) is 1. The van der Waals surface area contributed by atoms with E-state index >= 15 is 0 Å². The van der Waals surface area contributed by atoms with Crippen LogP contribution in [0.4, 0.5) is 23.7 Å². The Morgan fingerprint density at radius 1 is 1.08 bits per heavy atom. The number of ketones is 1. The highest BCUT2D eigenvalue weighted by molar-refractivity contribution is 8.18. The molecule has 4 rings (SSSR count). The minimum absolute atomic E-state index is 0.0246. The molecule has 8 nitrogen and oxygen atoms in total. The van der Waals surface area contributed by atoms with E-state index in [2.05, 4.69) is 0 Å². The van der Waals surface area contributed by atoms with Gasteiger partial charge >= 0.3 is 11.9 Å². The highest BCUT2D eigenvalue weighted by Crippen LogP contribution is 2.38. The number of hydrogen-bond donors (Lipinski definition) is 0. The number of carbonyl (C=O) groups excluding carboxylic acids is 3. The normalized spacial score (nSPS) is 14.7. The van der Waals surface area contributed by atoms with Gasteiger partial charge in [-0.2, -0.15) is 13.2 Å². The molecule has 0 unspecified atom stereocenters. The van der Waals surface area contributed by atoms with E-state index in [0.717, 1.165) is 11.0 Å². The molecule has 2 amide bonds. The van der Waals surface area contributed by atoms with Crippen LogP contribution in [0.1, 0.15) is 21.5 Å². The minimum atomic E-state index is -4.77. The molecule has 0 bridgehead atoms. The molecule has 1 saturated heterocycles. The lowest BCUT2D eigenvalue weighted by molar-refractivity contribution is -0.385. The third kappa shape index (κ3) is 6.03. The Morgan fingerprint density at radius 3 is 2.45 bits per heavy atom. The molecule has 194 valence electrons. The second-order valence-corrected chi connectivity index (χ2v) is 9.24. The number of alkyl halides is 3. The monoisotopic (exact) mass is 562 g/mol. The molecule has 38 heavy (non-hydrogen) atoms. The van der Waals surface area contributed by atoms with E-state index in [1.807, 2.05) is 0 Å². The molecule has 0 spiro atoms. The van der Waals surface area contributed by atoms with E-state index in [1.54, 1.807) is 6.07 Å². The van der Waals surface area contributed by atoms with Crippen LogP contribution in [0.25, 0.3) is 6.08 Å². The number of amides is 2. The first-order valence-corrected chi connectivity index (χ1v) is 11.8. The van der Waals surface area contributed by atoms with Gasteiger partial charge in [0.15, 0.2) is 5.78 Å². The number of benzene rings is 3. The Hall–Kier alpha value is -4.16. The lowest BCUT2D eigenvalue weighted by atomic mass is 10.1. The summed E-state index contributed by atoms with van der Waals surface area (Å²) >= 11 is 6.43. The van der Waals surface area contributed by atoms with Gasteiger partial charge in [-0.15, -0.1) is 0 Å². The first-order chi connectivity index (χ1) is 17.9. The van der Waals surface area contributed by atoms with Crippen molar-refractivity contribution < 1.29 is 37.2 Å². The zero-order chi connectivity index (χ0) is 27.6. The van der Waals surface area contributed by atoms with Crippen LogP contribution in [-0.2, 0) is 11.0 Å². The molecule has 1 aliphatic rings. The fourth-order valence-corrected chi connectivity index (χ4v) is 4.34. The summed E-state index contributed by atoms with van der Waals surface area (Å²) in [6, 6.07) is 13.7. The molecule has 13 heteroatoms. The first kappa shape index (κ1) is 26.9. The van der Waals surface area contributed by atoms with Crippen molar-refractivity contribution in [3.05, 3.63) is 103 Å².